The Morgan fingerprint density at radius 1 is 1.19 bits per heavy atom. The first kappa shape index (κ1) is 16.6. The fraction of sp³-hybridized carbons (Fsp3) is 0.333. The number of nitrogens with zero attached hydrogens (tertiary/aromatic N) is 3. The molecule has 0 N–H and O–H groups in total. The molecule has 2 heterocycles. The molecule has 1 amide bonds. The van der Waals surface area contributed by atoms with E-state index in [-0.39, 0.29) is 5.91 Å². The zero-order valence-electron chi connectivity index (χ0n) is 15.2. The van der Waals surface area contributed by atoms with Crippen LogP contribution < -0.4 is 4.74 Å². The Bertz CT molecular complexity index is 947. The van der Waals surface area contributed by atoms with Crippen LogP contribution in [0.25, 0.3) is 22.0 Å². The summed E-state index contributed by atoms with van der Waals surface area (Å²) in [4.78, 5) is 13.4. The molecule has 0 spiro atoms. The highest BCUT2D eigenvalue weighted by Crippen LogP contribution is 2.32. The standard InChI is InChI=1S/C21H23N3O2/c1-23-13-15(7-8-21(23)25)14-26-17-11-16-5-3-4-6-18(16)19(12-17)20-9-10-24(2)22-20/h3-6,9-12,15H,7-8,13-14H2,1-2H3. The van der Waals surface area contributed by atoms with Gasteiger partial charge in [0.25, 0.3) is 0 Å². The lowest BCUT2D eigenvalue weighted by molar-refractivity contribution is -0.133. The summed E-state index contributed by atoms with van der Waals surface area (Å²) in [5.41, 5.74) is 2.02. The second kappa shape index (κ2) is 6.83. The maximum atomic E-state index is 11.6. The highest BCUT2D eigenvalue weighted by Gasteiger charge is 2.23. The van der Waals surface area contributed by atoms with Crippen molar-refractivity contribution in [2.45, 2.75) is 12.8 Å². The number of likely N-dealkylation sites (tertiary alicyclic amines) is 1. The van der Waals surface area contributed by atoms with Crippen molar-refractivity contribution in [3.05, 3.63) is 48.7 Å². The molecule has 0 radical (unpaired) electrons. The van der Waals surface area contributed by atoms with Crippen LogP contribution in [-0.4, -0.2) is 40.8 Å². The second-order valence-electron chi connectivity index (χ2n) is 7.06. The van der Waals surface area contributed by atoms with Gasteiger partial charge in [0.15, 0.2) is 0 Å². The number of carbonyl (C=O) groups excluding carboxylic acids is 1. The molecule has 0 aliphatic carbocycles. The first-order valence-corrected chi connectivity index (χ1v) is 9.00. The lowest BCUT2D eigenvalue weighted by Crippen LogP contribution is -2.38. The van der Waals surface area contributed by atoms with Gasteiger partial charge in [-0.2, -0.15) is 5.10 Å². The molecule has 4 rings (SSSR count). The van der Waals surface area contributed by atoms with E-state index in [0.717, 1.165) is 35.4 Å². The number of piperidine rings is 1. The minimum Gasteiger partial charge on any atom is -0.493 e. The largest absolute Gasteiger partial charge is 0.493 e. The van der Waals surface area contributed by atoms with Crippen molar-refractivity contribution in [1.29, 1.82) is 0 Å². The highest BCUT2D eigenvalue weighted by molar-refractivity contribution is 5.97. The van der Waals surface area contributed by atoms with Gasteiger partial charge in [0, 0.05) is 44.7 Å². The molecule has 1 fully saturated rings. The van der Waals surface area contributed by atoms with Crippen LogP contribution in [0.15, 0.2) is 48.7 Å². The third-order valence-corrected chi connectivity index (χ3v) is 5.03. The molecule has 5 nitrogen and oxygen atoms in total. The van der Waals surface area contributed by atoms with E-state index < -0.39 is 0 Å². The maximum Gasteiger partial charge on any atom is 0.222 e. The second-order valence-corrected chi connectivity index (χ2v) is 7.06. The van der Waals surface area contributed by atoms with E-state index in [4.69, 9.17) is 4.74 Å². The summed E-state index contributed by atoms with van der Waals surface area (Å²) in [7, 11) is 3.79. The van der Waals surface area contributed by atoms with Gasteiger partial charge in [0.2, 0.25) is 5.91 Å². The van der Waals surface area contributed by atoms with Crippen LogP contribution in [0.5, 0.6) is 5.75 Å². The van der Waals surface area contributed by atoms with E-state index in [1.165, 1.54) is 5.39 Å². The van der Waals surface area contributed by atoms with E-state index in [1.54, 1.807) is 4.90 Å². The van der Waals surface area contributed by atoms with Crippen molar-refractivity contribution in [2.24, 2.45) is 13.0 Å². The number of rotatable bonds is 4. The predicted molar refractivity (Wildman–Crippen MR) is 102 cm³/mol. The van der Waals surface area contributed by atoms with E-state index in [0.29, 0.717) is 18.9 Å². The molecule has 1 aliphatic rings. The highest BCUT2D eigenvalue weighted by atomic mass is 16.5. The van der Waals surface area contributed by atoms with E-state index in [1.807, 2.05) is 43.2 Å². The number of benzene rings is 2. The Balaban J connectivity index is 1.60. The molecule has 2 aromatic carbocycles. The SMILES string of the molecule is CN1CC(COc2cc(-c3ccn(C)n3)c3ccccc3c2)CCC1=O. The van der Waals surface area contributed by atoms with Crippen molar-refractivity contribution in [3.63, 3.8) is 0 Å². The van der Waals surface area contributed by atoms with Gasteiger partial charge in [-0.3, -0.25) is 9.48 Å². The molecule has 3 aromatic rings. The summed E-state index contributed by atoms with van der Waals surface area (Å²) < 4.78 is 7.95. The van der Waals surface area contributed by atoms with Crippen LogP contribution in [-0.2, 0) is 11.8 Å². The third kappa shape index (κ3) is 3.29. The van der Waals surface area contributed by atoms with E-state index >= 15 is 0 Å². The number of amides is 1. The van der Waals surface area contributed by atoms with E-state index in [2.05, 4.69) is 29.4 Å². The average Bonchev–Trinajstić information content (AvgIpc) is 3.08. The molecular formula is C21H23N3O2. The van der Waals surface area contributed by atoms with Crippen molar-refractivity contribution in [2.75, 3.05) is 20.2 Å². The lowest BCUT2D eigenvalue weighted by Gasteiger charge is -2.29. The van der Waals surface area contributed by atoms with Crippen LogP contribution in [0.1, 0.15) is 12.8 Å². The number of fused-ring (bicyclic) bond motifs is 1. The van der Waals surface area contributed by atoms with Crippen molar-refractivity contribution in [1.82, 2.24) is 14.7 Å². The zero-order chi connectivity index (χ0) is 18.1. The summed E-state index contributed by atoms with van der Waals surface area (Å²) in [6.45, 7) is 1.39. The number of hydrogen-bond acceptors (Lipinski definition) is 3. The summed E-state index contributed by atoms with van der Waals surface area (Å²) in [5.74, 6) is 1.45. The van der Waals surface area contributed by atoms with Gasteiger partial charge in [0.05, 0.1) is 12.3 Å². The van der Waals surface area contributed by atoms with Crippen molar-refractivity contribution < 1.29 is 9.53 Å². The molecule has 1 atom stereocenters. The van der Waals surface area contributed by atoms with Gasteiger partial charge in [-0.15, -0.1) is 0 Å². The van der Waals surface area contributed by atoms with Crippen LogP contribution in [0, 0.1) is 5.92 Å². The van der Waals surface area contributed by atoms with Crippen molar-refractivity contribution >= 4 is 16.7 Å². The van der Waals surface area contributed by atoms with Gasteiger partial charge in [-0.1, -0.05) is 24.3 Å². The average molecular weight is 349 g/mol. The first-order valence-electron chi connectivity index (χ1n) is 9.00. The smallest absolute Gasteiger partial charge is 0.222 e. The van der Waals surface area contributed by atoms with Crippen LogP contribution >= 0.6 is 0 Å². The number of aryl methyl sites for hydroxylation is 1. The fourth-order valence-corrected chi connectivity index (χ4v) is 3.59. The fourth-order valence-electron chi connectivity index (χ4n) is 3.59. The van der Waals surface area contributed by atoms with Crippen LogP contribution in [0.4, 0.5) is 0 Å². The molecule has 5 heteroatoms. The molecule has 0 saturated carbocycles. The number of aromatic nitrogens is 2. The Morgan fingerprint density at radius 2 is 2.04 bits per heavy atom. The summed E-state index contributed by atoms with van der Waals surface area (Å²) in [6, 6.07) is 14.5. The topological polar surface area (TPSA) is 47.4 Å². The number of hydrogen-bond donors (Lipinski definition) is 0. The number of carbonyl (C=O) groups is 1. The summed E-state index contributed by atoms with van der Waals surface area (Å²) in [6.07, 6.45) is 3.46. The van der Waals surface area contributed by atoms with Crippen LogP contribution in [0.3, 0.4) is 0 Å². The minimum absolute atomic E-state index is 0.226. The Morgan fingerprint density at radius 3 is 2.81 bits per heavy atom. The quantitative estimate of drug-likeness (QED) is 0.724. The van der Waals surface area contributed by atoms with Gasteiger partial charge in [0.1, 0.15) is 5.75 Å². The third-order valence-electron chi connectivity index (χ3n) is 5.03. The van der Waals surface area contributed by atoms with Gasteiger partial charge in [-0.25, -0.2) is 0 Å². The predicted octanol–water partition coefficient (Wildman–Crippen LogP) is 3.49. The molecule has 1 aromatic heterocycles. The Labute approximate surface area is 153 Å². The Hall–Kier alpha value is -2.82. The molecule has 134 valence electrons. The first-order chi connectivity index (χ1) is 12.6. The Kier molecular flexibility index (Phi) is 4.37. The number of ether oxygens (including phenoxy) is 1. The van der Waals surface area contributed by atoms with E-state index in [9.17, 15) is 4.79 Å². The summed E-state index contributed by atoms with van der Waals surface area (Å²) in [5, 5.41) is 6.87. The molecule has 1 aliphatic heterocycles. The van der Waals surface area contributed by atoms with Crippen LogP contribution in [0.2, 0.25) is 0 Å². The molecule has 1 unspecified atom stereocenters. The normalized spacial score (nSPS) is 17.7. The summed E-state index contributed by atoms with van der Waals surface area (Å²) >= 11 is 0. The lowest BCUT2D eigenvalue weighted by atomic mass is 9.99. The van der Waals surface area contributed by atoms with Gasteiger partial charge in [-0.05, 0) is 35.4 Å². The molecule has 26 heavy (non-hydrogen) atoms. The minimum atomic E-state index is 0.226. The van der Waals surface area contributed by atoms with Gasteiger partial charge < -0.3 is 9.64 Å². The molecule has 1 saturated heterocycles. The zero-order valence-corrected chi connectivity index (χ0v) is 15.2. The molecule has 0 bridgehead atoms. The van der Waals surface area contributed by atoms with Gasteiger partial charge >= 0.3 is 0 Å². The van der Waals surface area contributed by atoms with Crippen molar-refractivity contribution in [3.8, 4) is 17.0 Å². The maximum absolute atomic E-state index is 11.6. The molecular weight excluding hydrogens is 326 g/mol. The monoisotopic (exact) mass is 349 g/mol.